The number of pyridine rings is 1. The van der Waals surface area contributed by atoms with Crippen molar-refractivity contribution in [2.45, 2.75) is 0 Å². The number of hydrogen-bond acceptors (Lipinski definition) is 5. The molecule has 0 radical (unpaired) electrons. The first-order chi connectivity index (χ1) is 10.8. The van der Waals surface area contributed by atoms with E-state index in [0.717, 1.165) is 38.4 Å². The normalized spacial score (nSPS) is 15.9. The lowest BCUT2D eigenvalue weighted by Gasteiger charge is -2.26. The largest absolute Gasteiger partial charge is 0.493 e. The summed E-state index contributed by atoms with van der Waals surface area (Å²) < 4.78 is 16.5. The summed E-state index contributed by atoms with van der Waals surface area (Å²) in [5, 5.41) is 0.597. The Morgan fingerprint density at radius 1 is 1.27 bits per heavy atom. The molecule has 0 amide bonds. The molecule has 0 atom stereocenters. The molecule has 3 rings (SSSR count). The molecule has 22 heavy (non-hydrogen) atoms. The van der Waals surface area contributed by atoms with Crippen molar-refractivity contribution in [3.05, 3.63) is 34.6 Å². The summed E-state index contributed by atoms with van der Waals surface area (Å²) in [7, 11) is 1.58. The summed E-state index contributed by atoms with van der Waals surface area (Å²) in [6.45, 7) is 4.84. The fourth-order valence-electron chi connectivity index (χ4n) is 2.56. The predicted octanol–water partition coefficient (Wildman–Crippen LogP) is 1.25. The summed E-state index contributed by atoms with van der Waals surface area (Å²) in [5.41, 5.74) is 0.710. The number of morpholine rings is 1. The van der Waals surface area contributed by atoms with Crippen molar-refractivity contribution in [2.75, 3.05) is 46.6 Å². The second-order valence-corrected chi connectivity index (χ2v) is 5.19. The van der Waals surface area contributed by atoms with Crippen molar-refractivity contribution >= 4 is 10.9 Å². The molecule has 0 unspecified atom stereocenters. The fraction of sp³-hybridized carbons (Fsp3) is 0.438. The number of benzene rings is 1. The predicted molar refractivity (Wildman–Crippen MR) is 83.9 cm³/mol. The third kappa shape index (κ3) is 3.23. The second kappa shape index (κ2) is 6.81. The summed E-state index contributed by atoms with van der Waals surface area (Å²) in [5.74, 6) is 1.22. The topological polar surface area (TPSA) is 63.8 Å². The molecule has 1 aromatic heterocycles. The van der Waals surface area contributed by atoms with Gasteiger partial charge < -0.3 is 19.2 Å². The van der Waals surface area contributed by atoms with Crippen LogP contribution in [0.1, 0.15) is 0 Å². The second-order valence-electron chi connectivity index (χ2n) is 5.19. The molecule has 6 nitrogen and oxygen atoms in total. The Morgan fingerprint density at radius 2 is 2.09 bits per heavy atom. The van der Waals surface area contributed by atoms with E-state index in [2.05, 4.69) is 9.88 Å². The molecule has 0 bridgehead atoms. The number of hydrogen-bond donors (Lipinski definition) is 1. The van der Waals surface area contributed by atoms with Crippen LogP contribution in [0.15, 0.2) is 29.2 Å². The third-order valence-electron chi connectivity index (χ3n) is 3.81. The van der Waals surface area contributed by atoms with Gasteiger partial charge in [0, 0.05) is 43.4 Å². The first-order valence-electron chi connectivity index (χ1n) is 7.40. The monoisotopic (exact) mass is 304 g/mol. The van der Waals surface area contributed by atoms with Crippen LogP contribution in [-0.2, 0) is 4.74 Å². The van der Waals surface area contributed by atoms with E-state index in [1.807, 2.05) is 6.07 Å². The highest BCUT2D eigenvalue weighted by molar-refractivity contribution is 5.82. The number of aromatic nitrogens is 1. The van der Waals surface area contributed by atoms with Crippen LogP contribution >= 0.6 is 0 Å². The maximum absolute atomic E-state index is 11.8. The molecule has 2 heterocycles. The van der Waals surface area contributed by atoms with Crippen LogP contribution in [0.2, 0.25) is 0 Å². The van der Waals surface area contributed by atoms with Crippen molar-refractivity contribution in [3.63, 3.8) is 0 Å². The van der Waals surface area contributed by atoms with Crippen molar-refractivity contribution in [3.8, 4) is 11.5 Å². The number of aromatic amines is 1. The molecule has 118 valence electrons. The SMILES string of the molecule is COc1cc2c(=O)cc[nH]c2cc1OCCN1CCOCC1. The Kier molecular flexibility index (Phi) is 4.60. The fourth-order valence-corrected chi connectivity index (χ4v) is 2.56. The summed E-state index contributed by atoms with van der Waals surface area (Å²) in [4.78, 5) is 17.2. The van der Waals surface area contributed by atoms with Crippen molar-refractivity contribution in [1.82, 2.24) is 9.88 Å². The smallest absolute Gasteiger partial charge is 0.189 e. The van der Waals surface area contributed by atoms with E-state index < -0.39 is 0 Å². The molecule has 1 aromatic carbocycles. The van der Waals surface area contributed by atoms with E-state index in [0.29, 0.717) is 23.5 Å². The minimum Gasteiger partial charge on any atom is -0.493 e. The van der Waals surface area contributed by atoms with Crippen LogP contribution in [0.5, 0.6) is 11.5 Å². The molecule has 2 aromatic rings. The van der Waals surface area contributed by atoms with Gasteiger partial charge in [-0.2, -0.15) is 0 Å². The lowest BCUT2D eigenvalue weighted by molar-refractivity contribution is 0.0321. The highest BCUT2D eigenvalue weighted by Gasteiger charge is 2.12. The van der Waals surface area contributed by atoms with Crippen LogP contribution < -0.4 is 14.9 Å². The Balaban J connectivity index is 1.73. The maximum Gasteiger partial charge on any atom is 0.189 e. The average molecular weight is 304 g/mol. The van der Waals surface area contributed by atoms with Gasteiger partial charge in [0.1, 0.15) is 6.61 Å². The molecule has 1 aliphatic heterocycles. The van der Waals surface area contributed by atoms with E-state index in [1.54, 1.807) is 19.4 Å². The van der Waals surface area contributed by atoms with E-state index in [-0.39, 0.29) is 5.43 Å². The highest BCUT2D eigenvalue weighted by Crippen LogP contribution is 2.30. The lowest BCUT2D eigenvalue weighted by atomic mass is 10.2. The van der Waals surface area contributed by atoms with Crippen LogP contribution in [0.3, 0.4) is 0 Å². The van der Waals surface area contributed by atoms with Crippen LogP contribution in [0.4, 0.5) is 0 Å². The van der Waals surface area contributed by atoms with Crippen molar-refractivity contribution in [1.29, 1.82) is 0 Å². The number of fused-ring (bicyclic) bond motifs is 1. The van der Waals surface area contributed by atoms with Gasteiger partial charge >= 0.3 is 0 Å². The minimum absolute atomic E-state index is 0.0353. The van der Waals surface area contributed by atoms with Crippen molar-refractivity contribution < 1.29 is 14.2 Å². The first kappa shape index (κ1) is 14.9. The summed E-state index contributed by atoms with van der Waals surface area (Å²) in [6.07, 6.45) is 1.63. The van der Waals surface area contributed by atoms with Gasteiger partial charge in [-0.25, -0.2) is 0 Å². The molecule has 1 saturated heterocycles. The number of rotatable bonds is 5. The van der Waals surface area contributed by atoms with E-state index >= 15 is 0 Å². The van der Waals surface area contributed by atoms with Crippen LogP contribution in [0.25, 0.3) is 10.9 Å². The quantitative estimate of drug-likeness (QED) is 0.900. The zero-order valence-corrected chi connectivity index (χ0v) is 12.6. The molecule has 0 spiro atoms. The zero-order valence-electron chi connectivity index (χ0n) is 12.6. The Morgan fingerprint density at radius 3 is 2.86 bits per heavy atom. The van der Waals surface area contributed by atoms with Crippen LogP contribution in [-0.4, -0.2) is 56.4 Å². The number of H-pyrrole nitrogens is 1. The molecular weight excluding hydrogens is 284 g/mol. The molecule has 1 fully saturated rings. The van der Waals surface area contributed by atoms with Gasteiger partial charge in [0.05, 0.1) is 25.8 Å². The number of nitrogens with zero attached hydrogens (tertiary/aromatic N) is 1. The van der Waals surface area contributed by atoms with Gasteiger partial charge in [0.2, 0.25) is 0 Å². The van der Waals surface area contributed by atoms with Gasteiger partial charge in [-0.15, -0.1) is 0 Å². The summed E-state index contributed by atoms with van der Waals surface area (Å²) >= 11 is 0. The van der Waals surface area contributed by atoms with Crippen LogP contribution in [0, 0.1) is 0 Å². The highest BCUT2D eigenvalue weighted by atomic mass is 16.5. The van der Waals surface area contributed by atoms with Crippen molar-refractivity contribution in [2.24, 2.45) is 0 Å². The average Bonchev–Trinajstić information content (AvgIpc) is 2.55. The number of nitrogens with one attached hydrogen (secondary N) is 1. The molecule has 0 aliphatic carbocycles. The Bertz CT molecular complexity index is 692. The summed E-state index contributed by atoms with van der Waals surface area (Å²) in [6, 6.07) is 5.04. The molecule has 6 heteroatoms. The zero-order chi connectivity index (χ0) is 15.4. The van der Waals surface area contributed by atoms with Gasteiger partial charge in [0.15, 0.2) is 16.9 Å². The van der Waals surface area contributed by atoms with E-state index in [4.69, 9.17) is 14.2 Å². The lowest BCUT2D eigenvalue weighted by Crippen LogP contribution is -2.38. The minimum atomic E-state index is -0.0353. The Labute approximate surface area is 128 Å². The molecule has 0 saturated carbocycles. The third-order valence-corrected chi connectivity index (χ3v) is 3.81. The Hall–Kier alpha value is -2.05. The molecular formula is C16H20N2O4. The van der Waals surface area contributed by atoms with Gasteiger partial charge in [-0.1, -0.05) is 0 Å². The number of ether oxygens (including phenoxy) is 3. The maximum atomic E-state index is 11.8. The van der Waals surface area contributed by atoms with Gasteiger partial charge in [-0.05, 0) is 6.07 Å². The first-order valence-corrected chi connectivity index (χ1v) is 7.40. The molecule has 1 N–H and O–H groups in total. The van der Waals surface area contributed by atoms with Gasteiger partial charge in [-0.3, -0.25) is 9.69 Å². The standard InChI is InChI=1S/C16H20N2O4/c1-20-15-10-12-13(17-3-2-14(12)19)11-16(15)22-9-6-18-4-7-21-8-5-18/h2-3,10-11H,4-9H2,1H3,(H,17,19). The number of methoxy groups -OCH3 is 1. The van der Waals surface area contributed by atoms with Gasteiger partial charge in [0.25, 0.3) is 0 Å². The van der Waals surface area contributed by atoms with E-state index in [9.17, 15) is 4.79 Å². The molecule has 1 aliphatic rings. The van der Waals surface area contributed by atoms with E-state index in [1.165, 1.54) is 6.07 Å².